The third kappa shape index (κ3) is 3.26. The molecule has 1 atom stereocenters. The van der Waals surface area contributed by atoms with Crippen LogP contribution >= 0.6 is 0 Å². The number of non-ortho nitro benzene ring substituents is 1. The summed E-state index contributed by atoms with van der Waals surface area (Å²) in [7, 11) is 0. The van der Waals surface area contributed by atoms with E-state index < -0.39 is 40.4 Å². The van der Waals surface area contributed by atoms with Gasteiger partial charge in [0.05, 0.1) is 11.0 Å². The Morgan fingerprint density at radius 3 is 2.46 bits per heavy atom. The number of nitro groups is 1. The van der Waals surface area contributed by atoms with Gasteiger partial charge in [0.25, 0.3) is 11.6 Å². The Hall–Kier alpha value is -3.48. The average molecular weight is 385 g/mol. The molecule has 2 fully saturated rings. The maximum Gasteiger partial charge on any atom is 0.325 e. The molecule has 1 aromatic rings. The second-order valence-electron chi connectivity index (χ2n) is 7.20. The fourth-order valence-corrected chi connectivity index (χ4v) is 3.65. The van der Waals surface area contributed by atoms with Crippen LogP contribution in [0.1, 0.15) is 38.2 Å². The molecule has 28 heavy (non-hydrogen) atoms. The summed E-state index contributed by atoms with van der Waals surface area (Å²) in [6, 6.07) is 6.65. The molecule has 1 heterocycles. The van der Waals surface area contributed by atoms with Crippen molar-refractivity contribution in [3.63, 3.8) is 0 Å². The van der Waals surface area contributed by atoms with Crippen molar-refractivity contribution >= 4 is 23.5 Å². The Bertz CT molecular complexity index is 885. The SMILES string of the molecule is CC1(c2ccc([N+](=O)[O-])cc2)NC(=O)N(CC(=O)NC2(C#N)CCCC2)C1=O. The van der Waals surface area contributed by atoms with E-state index in [4.69, 9.17) is 0 Å². The van der Waals surface area contributed by atoms with E-state index >= 15 is 0 Å². The fourth-order valence-electron chi connectivity index (χ4n) is 3.65. The molecular weight excluding hydrogens is 366 g/mol. The van der Waals surface area contributed by atoms with Gasteiger partial charge in [0, 0.05) is 12.1 Å². The van der Waals surface area contributed by atoms with Crippen molar-refractivity contribution in [2.24, 2.45) is 0 Å². The highest BCUT2D eigenvalue weighted by atomic mass is 16.6. The summed E-state index contributed by atoms with van der Waals surface area (Å²) in [5.41, 5.74) is -2.16. The van der Waals surface area contributed by atoms with Crippen LogP contribution in [0.3, 0.4) is 0 Å². The summed E-state index contributed by atoms with van der Waals surface area (Å²) >= 11 is 0. The van der Waals surface area contributed by atoms with E-state index in [-0.39, 0.29) is 5.69 Å². The standard InChI is InChI=1S/C18H19N5O5/c1-17(12-4-6-13(7-5-12)23(27)28)15(25)22(16(26)21-17)10-14(24)20-18(11-19)8-2-3-9-18/h4-7H,2-3,8-10H2,1H3,(H,20,24)(H,21,26). The quantitative estimate of drug-likeness (QED) is 0.444. The zero-order chi connectivity index (χ0) is 20.5. The molecule has 146 valence electrons. The molecule has 1 aliphatic carbocycles. The van der Waals surface area contributed by atoms with Crippen molar-refractivity contribution in [3.05, 3.63) is 39.9 Å². The van der Waals surface area contributed by atoms with Crippen molar-refractivity contribution in [2.75, 3.05) is 6.54 Å². The monoisotopic (exact) mass is 385 g/mol. The molecule has 1 unspecified atom stereocenters. The van der Waals surface area contributed by atoms with Gasteiger partial charge in [0.15, 0.2) is 0 Å². The van der Waals surface area contributed by atoms with Crippen LogP contribution < -0.4 is 10.6 Å². The molecule has 2 N–H and O–H groups in total. The zero-order valence-electron chi connectivity index (χ0n) is 15.2. The van der Waals surface area contributed by atoms with Gasteiger partial charge in [-0.15, -0.1) is 0 Å². The predicted molar refractivity (Wildman–Crippen MR) is 95.6 cm³/mol. The summed E-state index contributed by atoms with van der Waals surface area (Å²) in [5, 5.41) is 25.3. The Balaban J connectivity index is 1.75. The van der Waals surface area contributed by atoms with Gasteiger partial charge in [0.2, 0.25) is 5.91 Å². The van der Waals surface area contributed by atoms with Crippen molar-refractivity contribution in [2.45, 2.75) is 43.7 Å². The molecule has 10 nitrogen and oxygen atoms in total. The van der Waals surface area contributed by atoms with Crippen LogP contribution in [0.4, 0.5) is 10.5 Å². The van der Waals surface area contributed by atoms with Crippen molar-refractivity contribution in [3.8, 4) is 6.07 Å². The number of nitrogens with zero attached hydrogens (tertiary/aromatic N) is 3. The molecular formula is C18H19N5O5. The largest absolute Gasteiger partial charge is 0.336 e. The minimum absolute atomic E-state index is 0.140. The van der Waals surface area contributed by atoms with Crippen molar-refractivity contribution in [1.29, 1.82) is 5.26 Å². The Morgan fingerprint density at radius 2 is 1.93 bits per heavy atom. The second-order valence-corrected chi connectivity index (χ2v) is 7.20. The highest BCUT2D eigenvalue weighted by molar-refractivity contribution is 6.09. The van der Waals surface area contributed by atoms with Crippen LogP contribution in [0.15, 0.2) is 24.3 Å². The molecule has 10 heteroatoms. The molecule has 1 aromatic carbocycles. The summed E-state index contributed by atoms with van der Waals surface area (Å²) < 4.78 is 0. The molecule has 2 aliphatic rings. The number of carbonyl (C=O) groups is 3. The van der Waals surface area contributed by atoms with E-state index in [0.29, 0.717) is 18.4 Å². The van der Waals surface area contributed by atoms with E-state index in [9.17, 15) is 29.8 Å². The van der Waals surface area contributed by atoms with Crippen molar-refractivity contribution in [1.82, 2.24) is 15.5 Å². The summed E-state index contributed by atoms with van der Waals surface area (Å²) in [6.45, 7) is 0.969. The molecule has 3 rings (SSSR count). The molecule has 0 bridgehead atoms. The minimum atomic E-state index is -1.44. The highest BCUT2D eigenvalue weighted by Gasteiger charge is 2.50. The number of urea groups is 1. The molecule has 4 amide bonds. The first-order chi connectivity index (χ1) is 13.2. The van der Waals surface area contributed by atoms with E-state index in [2.05, 4.69) is 16.7 Å². The lowest BCUT2D eigenvalue weighted by Crippen LogP contribution is -2.50. The number of hydrogen-bond donors (Lipinski definition) is 2. The molecule has 1 saturated heterocycles. The number of benzene rings is 1. The highest BCUT2D eigenvalue weighted by Crippen LogP contribution is 2.31. The fraction of sp³-hybridized carbons (Fsp3) is 0.444. The van der Waals surface area contributed by atoms with Gasteiger partial charge < -0.3 is 10.6 Å². The van der Waals surface area contributed by atoms with Crippen LogP contribution in [-0.4, -0.2) is 39.8 Å². The van der Waals surface area contributed by atoms with Crippen LogP contribution in [0.25, 0.3) is 0 Å². The number of nitro benzene ring substituents is 1. The first kappa shape index (κ1) is 19.3. The van der Waals surface area contributed by atoms with Crippen LogP contribution in [0.5, 0.6) is 0 Å². The number of nitrogens with one attached hydrogen (secondary N) is 2. The topological polar surface area (TPSA) is 145 Å². The summed E-state index contributed by atoms with van der Waals surface area (Å²) in [4.78, 5) is 48.5. The van der Waals surface area contributed by atoms with E-state index in [1.807, 2.05) is 0 Å². The summed E-state index contributed by atoms with van der Waals surface area (Å²) in [6.07, 6.45) is 2.73. The number of imide groups is 1. The third-order valence-corrected chi connectivity index (χ3v) is 5.28. The van der Waals surface area contributed by atoms with Crippen molar-refractivity contribution < 1.29 is 19.3 Å². The van der Waals surface area contributed by atoms with Gasteiger partial charge in [-0.05, 0) is 50.3 Å². The molecule has 1 saturated carbocycles. The number of rotatable bonds is 5. The molecule has 0 aromatic heterocycles. The van der Waals surface area contributed by atoms with Crippen LogP contribution in [-0.2, 0) is 15.1 Å². The average Bonchev–Trinajstić information content (AvgIpc) is 3.21. The van der Waals surface area contributed by atoms with Gasteiger partial charge in [-0.3, -0.25) is 24.6 Å². The zero-order valence-corrected chi connectivity index (χ0v) is 15.2. The second kappa shape index (κ2) is 6.92. The van der Waals surface area contributed by atoms with Gasteiger partial charge in [-0.25, -0.2) is 4.79 Å². The van der Waals surface area contributed by atoms with Crippen LogP contribution in [0.2, 0.25) is 0 Å². The minimum Gasteiger partial charge on any atom is -0.336 e. The lowest BCUT2D eigenvalue weighted by atomic mass is 9.92. The third-order valence-electron chi connectivity index (χ3n) is 5.28. The molecule has 0 radical (unpaired) electrons. The Kier molecular flexibility index (Phi) is 4.77. The maximum atomic E-state index is 12.8. The van der Waals surface area contributed by atoms with Gasteiger partial charge in [-0.2, -0.15) is 5.26 Å². The van der Waals surface area contributed by atoms with Gasteiger partial charge in [0.1, 0.15) is 17.6 Å². The van der Waals surface area contributed by atoms with Gasteiger partial charge >= 0.3 is 6.03 Å². The molecule has 0 spiro atoms. The Labute approximate surface area is 160 Å². The number of carbonyl (C=O) groups excluding carboxylic acids is 3. The Morgan fingerprint density at radius 1 is 1.32 bits per heavy atom. The van der Waals surface area contributed by atoms with E-state index in [1.54, 1.807) is 0 Å². The lowest BCUT2D eigenvalue weighted by Gasteiger charge is -2.24. The lowest BCUT2D eigenvalue weighted by molar-refractivity contribution is -0.384. The van der Waals surface area contributed by atoms with E-state index in [0.717, 1.165) is 17.7 Å². The number of hydrogen-bond acceptors (Lipinski definition) is 6. The predicted octanol–water partition coefficient (Wildman–Crippen LogP) is 1.31. The summed E-state index contributed by atoms with van der Waals surface area (Å²) in [5.74, 6) is -1.22. The number of nitriles is 1. The normalized spacial score (nSPS) is 23.2. The first-order valence-corrected chi connectivity index (χ1v) is 8.82. The smallest absolute Gasteiger partial charge is 0.325 e. The molecule has 1 aliphatic heterocycles. The van der Waals surface area contributed by atoms with Gasteiger partial charge in [-0.1, -0.05) is 0 Å². The van der Waals surface area contributed by atoms with Crippen LogP contribution in [0, 0.1) is 21.4 Å². The maximum absolute atomic E-state index is 12.8. The van der Waals surface area contributed by atoms with E-state index in [1.165, 1.54) is 31.2 Å². The number of amides is 4. The first-order valence-electron chi connectivity index (χ1n) is 8.82.